The lowest BCUT2D eigenvalue weighted by molar-refractivity contribution is -0.0970. The fourth-order valence-electron chi connectivity index (χ4n) is 3.61. The van der Waals surface area contributed by atoms with Gasteiger partial charge in [0.15, 0.2) is 5.78 Å². The van der Waals surface area contributed by atoms with Crippen LogP contribution < -0.4 is 0 Å². The van der Waals surface area contributed by atoms with Crippen LogP contribution in [0.1, 0.15) is 62.2 Å². The molecule has 1 aliphatic heterocycles. The van der Waals surface area contributed by atoms with Gasteiger partial charge < -0.3 is 4.74 Å². The minimum absolute atomic E-state index is 0.146. The van der Waals surface area contributed by atoms with Crippen molar-refractivity contribution in [3.05, 3.63) is 29.8 Å². The van der Waals surface area contributed by atoms with Crippen molar-refractivity contribution < 1.29 is 9.53 Å². The van der Waals surface area contributed by atoms with Crippen LogP contribution in [-0.2, 0) is 4.74 Å². The Labute approximate surface area is 131 Å². The van der Waals surface area contributed by atoms with Gasteiger partial charge in [-0.05, 0) is 44.7 Å². The first-order valence-electron chi connectivity index (χ1n) is 8.09. The van der Waals surface area contributed by atoms with Gasteiger partial charge >= 0.3 is 0 Å². The van der Waals surface area contributed by atoms with Gasteiger partial charge in [0.25, 0.3) is 0 Å². The van der Waals surface area contributed by atoms with Crippen molar-refractivity contribution in [2.45, 2.75) is 67.6 Å². The lowest BCUT2D eigenvalue weighted by Crippen LogP contribution is -2.42. The molecule has 1 spiro atoms. The highest BCUT2D eigenvalue weighted by molar-refractivity contribution is 8.00. The van der Waals surface area contributed by atoms with Gasteiger partial charge in [0.05, 0.1) is 5.60 Å². The van der Waals surface area contributed by atoms with Crippen molar-refractivity contribution in [1.29, 1.82) is 0 Å². The van der Waals surface area contributed by atoms with Crippen molar-refractivity contribution in [2.24, 2.45) is 0 Å². The number of thioether (sulfide) groups is 1. The molecule has 0 amide bonds. The van der Waals surface area contributed by atoms with E-state index in [9.17, 15) is 4.79 Å². The molecule has 1 aromatic carbocycles. The maximum absolute atomic E-state index is 11.5. The summed E-state index contributed by atoms with van der Waals surface area (Å²) in [5.41, 5.74) is 0.978. The predicted molar refractivity (Wildman–Crippen MR) is 87.1 cm³/mol. The van der Waals surface area contributed by atoms with Crippen LogP contribution >= 0.6 is 11.8 Å². The number of Topliss-reactive ketones (excluding diaryl/α,β-unsaturated/α-hetero) is 1. The number of carbonyl (C=O) groups is 1. The molecule has 2 fully saturated rings. The minimum Gasteiger partial charge on any atom is -0.375 e. The van der Waals surface area contributed by atoms with Gasteiger partial charge in [0.1, 0.15) is 0 Å². The van der Waals surface area contributed by atoms with Gasteiger partial charge in [0.2, 0.25) is 0 Å². The van der Waals surface area contributed by atoms with Crippen LogP contribution in [0.3, 0.4) is 0 Å². The maximum Gasteiger partial charge on any atom is 0.159 e. The number of ether oxygens (including phenoxy) is 1. The fraction of sp³-hybridized carbons (Fsp3) is 0.611. The second-order valence-electron chi connectivity index (χ2n) is 6.41. The number of hydrogen-bond donors (Lipinski definition) is 0. The summed E-state index contributed by atoms with van der Waals surface area (Å²) in [5, 5.41) is 0.624. The van der Waals surface area contributed by atoms with E-state index >= 15 is 0 Å². The Kier molecular flexibility index (Phi) is 4.70. The molecule has 0 N–H and O–H groups in total. The summed E-state index contributed by atoms with van der Waals surface area (Å²) in [6.45, 7) is 2.53. The quantitative estimate of drug-likeness (QED) is 0.746. The molecular formula is C18H24O2S. The Bertz CT molecular complexity index is 500. The highest BCUT2D eigenvalue weighted by Gasteiger charge is 2.38. The standard InChI is InChI=1S/C18H24O2S/c1-14(19)15-6-5-7-16(12-15)21-17-8-11-20-18(13-17)9-3-2-4-10-18/h5-7,12,17H,2-4,8-11,13H2,1H3. The summed E-state index contributed by atoms with van der Waals surface area (Å²) in [6, 6.07) is 8.06. The van der Waals surface area contributed by atoms with Crippen LogP contribution in [0.25, 0.3) is 0 Å². The first-order chi connectivity index (χ1) is 10.2. The molecule has 1 aliphatic carbocycles. The summed E-state index contributed by atoms with van der Waals surface area (Å²) in [6.07, 6.45) is 8.76. The molecular weight excluding hydrogens is 280 g/mol. The summed E-state index contributed by atoms with van der Waals surface area (Å²) in [4.78, 5) is 12.7. The molecule has 1 heterocycles. The second kappa shape index (κ2) is 6.53. The molecule has 1 atom stereocenters. The third-order valence-corrected chi connectivity index (χ3v) is 6.02. The molecule has 0 radical (unpaired) electrons. The lowest BCUT2D eigenvalue weighted by atomic mass is 9.80. The molecule has 1 saturated heterocycles. The number of benzene rings is 1. The smallest absolute Gasteiger partial charge is 0.159 e. The first kappa shape index (κ1) is 15.1. The highest BCUT2D eigenvalue weighted by atomic mass is 32.2. The van der Waals surface area contributed by atoms with E-state index in [0.717, 1.165) is 18.6 Å². The van der Waals surface area contributed by atoms with Gasteiger partial charge in [-0.15, -0.1) is 11.8 Å². The molecule has 1 saturated carbocycles. The van der Waals surface area contributed by atoms with Gasteiger partial charge in [-0.3, -0.25) is 4.79 Å². The average molecular weight is 304 g/mol. The zero-order chi connectivity index (χ0) is 14.7. The number of ketones is 1. The second-order valence-corrected chi connectivity index (χ2v) is 7.78. The Morgan fingerprint density at radius 3 is 2.86 bits per heavy atom. The summed E-state index contributed by atoms with van der Waals surface area (Å²) in [5.74, 6) is 0.146. The molecule has 21 heavy (non-hydrogen) atoms. The molecule has 0 bridgehead atoms. The van der Waals surface area contributed by atoms with Gasteiger partial charge in [0, 0.05) is 22.3 Å². The Morgan fingerprint density at radius 1 is 1.29 bits per heavy atom. The lowest BCUT2D eigenvalue weighted by Gasteiger charge is -2.43. The van der Waals surface area contributed by atoms with E-state index in [1.54, 1.807) is 6.92 Å². The van der Waals surface area contributed by atoms with E-state index in [0.29, 0.717) is 5.25 Å². The van der Waals surface area contributed by atoms with Crippen LogP contribution in [-0.4, -0.2) is 23.2 Å². The number of hydrogen-bond acceptors (Lipinski definition) is 3. The van der Waals surface area contributed by atoms with Crippen LogP contribution in [0.15, 0.2) is 29.2 Å². The molecule has 114 valence electrons. The topological polar surface area (TPSA) is 26.3 Å². The van der Waals surface area contributed by atoms with Crippen molar-refractivity contribution in [1.82, 2.24) is 0 Å². The van der Waals surface area contributed by atoms with E-state index in [-0.39, 0.29) is 11.4 Å². The molecule has 2 aliphatic rings. The molecule has 0 aromatic heterocycles. The van der Waals surface area contributed by atoms with Crippen LogP contribution in [0, 0.1) is 0 Å². The highest BCUT2D eigenvalue weighted by Crippen LogP contribution is 2.43. The Balaban J connectivity index is 1.67. The average Bonchev–Trinajstić information content (AvgIpc) is 2.48. The van der Waals surface area contributed by atoms with E-state index in [4.69, 9.17) is 4.74 Å². The van der Waals surface area contributed by atoms with E-state index < -0.39 is 0 Å². The van der Waals surface area contributed by atoms with Crippen molar-refractivity contribution in [3.8, 4) is 0 Å². The number of rotatable bonds is 3. The van der Waals surface area contributed by atoms with Crippen molar-refractivity contribution in [3.63, 3.8) is 0 Å². The largest absolute Gasteiger partial charge is 0.375 e. The maximum atomic E-state index is 11.5. The molecule has 3 rings (SSSR count). The first-order valence-corrected chi connectivity index (χ1v) is 8.96. The van der Waals surface area contributed by atoms with Crippen molar-refractivity contribution >= 4 is 17.5 Å². The third-order valence-electron chi connectivity index (χ3n) is 4.76. The monoisotopic (exact) mass is 304 g/mol. The molecule has 1 unspecified atom stereocenters. The van der Waals surface area contributed by atoms with E-state index in [2.05, 4.69) is 6.07 Å². The van der Waals surface area contributed by atoms with Crippen LogP contribution in [0.5, 0.6) is 0 Å². The van der Waals surface area contributed by atoms with E-state index in [1.165, 1.54) is 43.4 Å². The fourth-order valence-corrected chi connectivity index (χ4v) is 4.95. The molecule has 1 aromatic rings. The third kappa shape index (κ3) is 3.70. The number of carbonyl (C=O) groups excluding carboxylic acids is 1. The van der Waals surface area contributed by atoms with Crippen molar-refractivity contribution in [2.75, 3.05) is 6.61 Å². The van der Waals surface area contributed by atoms with Crippen LogP contribution in [0.4, 0.5) is 0 Å². The normalized spacial score (nSPS) is 24.9. The van der Waals surface area contributed by atoms with Gasteiger partial charge in [-0.1, -0.05) is 31.4 Å². The molecule has 2 nitrogen and oxygen atoms in total. The van der Waals surface area contributed by atoms with Gasteiger partial charge in [-0.2, -0.15) is 0 Å². The SMILES string of the molecule is CC(=O)c1cccc(SC2CCOC3(CCCCC3)C2)c1. The minimum atomic E-state index is 0.146. The Hall–Kier alpha value is -0.800. The summed E-state index contributed by atoms with van der Waals surface area (Å²) < 4.78 is 6.17. The van der Waals surface area contributed by atoms with Gasteiger partial charge in [-0.25, -0.2) is 0 Å². The van der Waals surface area contributed by atoms with Crippen LogP contribution in [0.2, 0.25) is 0 Å². The predicted octanol–water partition coefficient (Wildman–Crippen LogP) is 4.86. The Morgan fingerprint density at radius 2 is 2.10 bits per heavy atom. The zero-order valence-electron chi connectivity index (χ0n) is 12.8. The van der Waals surface area contributed by atoms with E-state index in [1.807, 2.05) is 30.0 Å². The zero-order valence-corrected chi connectivity index (χ0v) is 13.6. The summed E-state index contributed by atoms with van der Waals surface area (Å²) in [7, 11) is 0. The summed E-state index contributed by atoms with van der Waals surface area (Å²) >= 11 is 1.93. The molecule has 3 heteroatoms.